The van der Waals surface area contributed by atoms with E-state index in [9.17, 15) is 8.42 Å². The minimum absolute atomic E-state index is 0.000909. The third kappa shape index (κ3) is 3.61. The molecule has 5 nitrogen and oxygen atoms in total. The molecule has 0 aliphatic carbocycles. The molecule has 1 N–H and O–H groups in total. The Morgan fingerprint density at radius 2 is 1.56 bits per heavy atom. The van der Waals surface area contributed by atoms with Crippen LogP contribution in [0.5, 0.6) is 0 Å². The molecule has 3 unspecified atom stereocenters. The van der Waals surface area contributed by atoms with Gasteiger partial charge in [0.1, 0.15) is 5.25 Å². The van der Waals surface area contributed by atoms with E-state index in [-0.39, 0.29) is 12.1 Å². The summed E-state index contributed by atoms with van der Waals surface area (Å²) in [6.45, 7) is 7.59. The average molecular weight is 386 g/mol. The van der Waals surface area contributed by atoms with Gasteiger partial charge in [-0.1, -0.05) is 55.0 Å². The van der Waals surface area contributed by atoms with Gasteiger partial charge in [0.05, 0.1) is 6.17 Å². The fraction of sp³-hybridized carbons (Fsp3) is 0.429. The topological polar surface area (TPSA) is 52.6 Å². The van der Waals surface area contributed by atoms with Crippen molar-refractivity contribution in [1.29, 1.82) is 0 Å². The first-order valence-corrected chi connectivity index (χ1v) is 11.1. The Labute approximate surface area is 162 Å². The van der Waals surface area contributed by atoms with E-state index < -0.39 is 15.3 Å². The van der Waals surface area contributed by atoms with E-state index in [0.29, 0.717) is 0 Å². The molecule has 0 radical (unpaired) electrons. The number of nitrogens with zero attached hydrogens (tertiary/aromatic N) is 2. The van der Waals surface area contributed by atoms with Gasteiger partial charge in [0.15, 0.2) is 0 Å². The van der Waals surface area contributed by atoms with E-state index in [1.165, 1.54) is 5.69 Å². The van der Waals surface area contributed by atoms with E-state index in [1.54, 1.807) is 0 Å². The first-order chi connectivity index (χ1) is 13.0. The first-order valence-electron chi connectivity index (χ1n) is 9.57. The van der Waals surface area contributed by atoms with Crippen LogP contribution in [0.4, 0.5) is 5.69 Å². The number of sulfonamides is 1. The van der Waals surface area contributed by atoms with Crippen LogP contribution in [0, 0.1) is 12.8 Å². The SMILES string of the molecule is Cc1ccc(C2C(C)C(N3CCN(c4ccccc4)CC3)NS2(=O)=O)cc1. The number of nitrogens with one attached hydrogen (secondary N) is 1. The fourth-order valence-electron chi connectivity index (χ4n) is 4.34. The van der Waals surface area contributed by atoms with Crippen molar-refractivity contribution in [2.75, 3.05) is 31.1 Å². The molecular weight excluding hydrogens is 358 g/mol. The molecular formula is C21H27N3O2S. The Morgan fingerprint density at radius 1 is 0.926 bits per heavy atom. The lowest BCUT2D eigenvalue weighted by Crippen LogP contribution is -2.55. The monoisotopic (exact) mass is 385 g/mol. The highest BCUT2D eigenvalue weighted by Crippen LogP contribution is 2.39. The second kappa shape index (κ2) is 7.26. The van der Waals surface area contributed by atoms with Crippen LogP contribution in [0.1, 0.15) is 23.3 Å². The Bertz CT molecular complexity index is 875. The lowest BCUT2D eigenvalue weighted by Gasteiger charge is -2.40. The molecule has 2 saturated heterocycles. The number of aryl methyl sites for hydroxylation is 1. The van der Waals surface area contributed by atoms with Crippen molar-refractivity contribution in [2.24, 2.45) is 5.92 Å². The molecule has 3 atom stereocenters. The van der Waals surface area contributed by atoms with Crippen molar-refractivity contribution in [3.05, 3.63) is 65.7 Å². The van der Waals surface area contributed by atoms with Gasteiger partial charge in [-0.25, -0.2) is 8.42 Å². The number of anilines is 1. The van der Waals surface area contributed by atoms with Crippen LogP contribution < -0.4 is 9.62 Å². The lowest BCUT2D eigenvalue weighted by molar-refractivity contribution is 0.140. The summed E-state index contributed by atoms with van der Waals surface area (Å²) in [7, 11) is -3.37. The van der Waals surface area contributed by atoms with E-state index in [0.717, 1.165) is 37.3 Å². The van der Waals surface area contributed by atoms with Gasteiger partial charge < -0.3 is 4.90 Å². The van der Waals surface area contributed by atoms with Crippen LogP contribution in [-0.4, -0.2) is 45.7 Å². The van der Waals surface area contributed by atoms with Crippen molar-refractivity contribution in [2.45, 2.75) is 25.3 Å². The van der Waals surface area contributed by atoms with E-state index in [2.05, 4.69) is 45.7 Å². The highest BCUT2D eigenvalue weighted by Gasteiger charge is 2.47. The van der Waals surface area contributed by atoms with Crippen molar-refractivity contribution in [1.82, 2.24) is 9.62 Å². The maximum absolute atomic E-state index is 12.8. The van der Waals surface area contributed by atoms with Gasteiger partial charge >= 0.3 is 0 Å². The van der Waals surface area contributed by atoms with Gasteiger partial charge in [0.2, 0.25) is 10.0 Å². The minimum atomic E-state index is -3.37. The van der Waals surface area contributed by atoms with Crippen molar-refractivity contribution < 1.29 is 8.42 Å². The molecule has 0 saturated carbocycles. The lowest BCUT2D eigenvalue weighted by atomic mass is 9.96. The number of piperazine rings is 1. The van der Waals surface area contributed by atoms with Crippen LogP contribution in [0.2, 0.25) is 0 Å². The molecule has 2 heterocycles. The normalized spacial score (nSPS) is 28.4. The highest BCUT2D eigenvalue weighted by atomic mass is 32.2. The summed E-state index contributed by atoms with van der Waals surface area (Å²) in [5, 5.41) is -0.491. The molecule has 27 heavy (non-hydrogen) atoms. The number of rotatable bonds is 3. The van der Waals surface area contributed by atoms with Gasteiger partial charge in [-0.3, -0.25) is 4.90 Å². The number of benzene rings is 2. The summed E-state index contributed by atoms with van der Waals surface area (Å²) in [5.41, 5.74) is 3.25. The molecule has 144 valence electrons. The predicted octanol–water partition coefficient (Wildman–Crippen LogP) is 2.75. The average Bonchev–Trinajstić information content (AvgIpc) is 2.92. The molecule has 2 aromatic carbocycles. The largest absolute Gasteiger partial charge is 0.369 e. The molecule has 2 aliphatic heterocycles. The molecule has 2 aromatic rings. The third-order valence-electron chi connectivity index (χ3n) is 5.83. The van der Waals surface area contributed by atoms with Crippen molar-refractivity contribution in [3.8, 4) is 0 Å². The fourth-order valence-corrected chi connectivity index (χ4v) is 6.42. The van der Waals surface area contributed by atoms with Gasteiger partial charge in [-0.05, 0) is 24.6 Å². The van der Waals surface area contributed by atoms with Gasteiger partial charge in [-0.2, -0.15) is 4.72 Å². The first kappa shape index (κ1) is 18.5. The van der Waals surface area contributed by atoms with Crippen LogP contribution in [-0.2, 0) is 10.0 Å². The van der Waals surface area contributed by atoms with Gasteiger partial charge in [0, 0.05) is 37.8 Å². The molecule has 0 amide bonds. The molecule has 0 bridgehead atoms. The Balaban J connectivity index is 1.48. The Hall–Kier alpha value is -1.89. The van der Waals surface area contributed by atoms with Crippen LogP contribution in [0.15, 0.2) is 54.6 Å². The summed E-state index contributed by atoms with van der Waals surface area (Å²) in [4.78, 5) is 4.65. The van der Waals surface area contributed by atoms with E-state index in [4.69, 9.17) is 0 Å². The number of para-hydroxylation sites is 1. The quantitative estimate of drug-likeness (QED) is 0.883. The molecule has 2 aliphatic rings. The summed E-state index contributed by atoms with van der Waals surface area (Å²) >= 11 is 0. The summed E-state index contributed by atoms with van der Waals surface area (Å²) in [6, 6.07) is 18.3. The maximum atomic E-state index is 12.8. The van der Waals surface area contributed by atoms with E-state index >= 15 is 0 Å². The predicted molar refractivity (Wildman–Crippen MR) is 109 cm³/mol. The zero-order valence-electron chi connectivity index (χ0n) is 15.9. The number of hydrogen-bond acceptors (Lipinski definition) is 4. The van der Waals surface area contributed by atoms with Crippen LogP contribution in [0.3, 0.4) is 0 Å². The highest BCUT2D eigenvalue weighted by molar-refractivity contribution is 7.90. The van der Waals surface area contributed by atoms with E-state index in [1.807, 2.05) is 37.3 Å². The molecule has 6 heteroatoms. The molecule has 0 spiro atoms. The zero-order valence-corrected chi connectivity index (χ0v) is 16.7. The Morgan fingerprint density at radius 3 is 2.19 bits per heavy atom. The van der Waals surface area contributed by atoms with Gasteiger partial charge in [0.25, 0.3) is 0 Å². The minimum Gasteiger partial charge on any atom is -0.369 e. The van der Waals surface area contributed by atoms with Crippen molar-refractivity contribution in [3.63, 3.8) is 0 Å². The zero-order chi connectivity index (χ0) is 19.0. The van der Waals surface area contributed by atoms with Crippen molar-refractivity contribution >= 4 is 15.7 Å². The molecule has 0 aromatic heterocycles. The van der Waals surface area contributed by atoms with Crippen LogP contribution >= 0.6 is 0 Å². The maximum Gasteiger partial charge on any atom is 0.220 e. The smallest absolute Gasteiger partial charge is 0.220 e. The standard InChI is InChI=1S/C21H27N3O2S/c1-16-8-10-18(11-9-16)20-17(2)21(22-27(20,25)26)24-14-12-23(13-15-24)19-6-4-3-5-7-19/h3-11,17,20-22H,12-15H2,1-2H3. The summed E-state index contributed by atoms with van der Waals surface area (Å²) in [6.07, 6.45) is -0.140. The third-order valence-corrected chi connectivity index (χ3v) is 7.77. The number of hydrogen-bond donors (Lipinski definition) is 1. The second-order valence-electron chi connectivity index (χ2n) is 7.66. The Kier molecular flexibility index (Phi) is 4.97. The van der Waals surface area contributed by atoms with Crippen LogP contribution in [0.25, 0.3) is 0 Å². The molecule has 2 fully saturated rings. The molecule has 4 rings (SSSR count). The summed E-state index contributed by atoms with van der Waals surface area (Å²) in [5.74, 6) is 0.000909. The van der Waals surface area contributed by atoms with Gasteiger partial charge in [-0.15, -0.1) is 0 Å². The second-order valence-corrected chi connectivity index (χ2v) is 9.49. The summed E-state index contributed by atoms with van der Waals surface area (Å²) < 4.78 is 28.6.